The van der Waals surface area contributed by atoms with Crippen molar-refractivity contribution >= 4 is 5.97 Å². The number of likely N-dealkylation sites (N-methyl/N-ethyl adjacent to an activating group) is 1. The number of rotatable bonds is 7. The number of hydrogen-bond donors (Lipinski definition) is 0. The van der Waals surface area contributed by atoms with Crippen LogP contribution >= 0.6 is 0 Å². The van der Waals surface area contributed by atoms with Gasteiger partial charge in [-0.15, -0.1) is 0 Å². The maximum absolute atomic E-state index is 13.9. The lowest BCUT2D eigenvalue weighted by Crippen LogP contribution is -2.39. The van der Waals surface area contributed by atoms with E-state index in [2.05, 4.69) is 19.9 Å². The van der Waals surface area contributed by atoms with Crippen LogP contribution in [0, 0.1) is 12.8 Å². The Bertz CT molecular complexity index is 567. The van der Waals surface area contributed by atoms with Gasteiger partial charge in [-0.3, -0.25) is 9.69 Å². The minimum absolute atomic E-state index is 0.0170. The van der Waals surface area contributed by atoms with Gasteiger partial charge in [0.05, 0.1) is 19.1 Å². The van der Waals surface area contributed by atoms with Gasteiger partial charge in [-0.1, -0.05) is 5.16 Å². The number of aromatic nitrogens is 2. The number of nitrogens with zero attached hydrogens (tertiary/aromatic N) is 4. The number of likely N-dealkylation sites (tertiary alicyclic amines) is 1. The highest BCUT2D eigenvalue weighted by Gasteiger charge is 2.34. The molecule has 1 aromatic rings. The maximum Gasteiger partial charge on any atom is 0.309 e. The Kier molecular flexibility index (Phi) is 5.45. The van der Waals surface area contributed by atoms with Crippen LogP contribution in [0.3, 0.4) is 0 Å². The molecule has 2 aliphatic rings. The Balaban J connectivity index is 1.49. The van der Waals surface area contributed by atoms with Crippen LogP contribution in [0.2, 0.25) is 0 Å². The third kappa shape index (κ3) is 4.30. The van der Waals surface area contributed by atoms with Crippen LogP contribution in [0.5, 0.6) is 0 Å². The smallest absolute Gasteiger partial charge is 0.309 e. The molecule has 0 aromatic carbocycles. The summed E-state index contributed by atoms with van der Waals surface area (Å²) >= 11 is 0. The molecule has 0 aliphatic carbocycles. The zero-order valence-corrected chi connectivity index (χ0v) is 14.3. The maximum atomic E-state index is 13.9. The Morgan fingerprint density at radius 2 is 2.29 bits per heavy atom. The molecule has 1 unspecified atom stereocenters. The fourth-order valence-electron chi connectivity index (χ4n) is 3.52. The van der Waals surface area contributed by atoms with E-state index >= 15 is 0 Å². The Hall–Kier alpha value is -1.54. The van der Waals surface area contributed by atoms with E-state index in [-0.39, 0.29) is 17.9 Å². The quantitative estimate of drug-likeness (QED) is 0.690. The Labute approximate surface area is 141 Å². The van der Waals surface area contributed by atoms with Crippen molar-refractivity contribution in [1.82, 2.24) is 19.9 Å². The average Bonchev–Trinajstić information content (AvgIpc) is 3.20. The predicted octanol–water partition coefficient (Wildman–Crippen LogP) is 1.18. The van der Waals surface area contributed by atoms with Crippen molar-refractivity contribution in [3.05, 3.63) is 11.7 Å². The molecule has 0 radical (unpaired) electrons. The van der Waals surface area contributed by atoms with Crippen molar-refractivity contribution in [3.63, 3.8) is 0 Å². The molecule has 2 fully saturated rings. The van der Waals surface area contributed by atoms with E-state index in [0.29, 0.717) is 37.8 Å². The van der Waals surface area contributed by atoms with Crippen molar-refractivity contribution in [3.8, 4) is 0 Å². The van der Waals surface area contributed by atoms with E-state index < -0.39 is 6.17 Å². The highest BCUT2D eigenvalue weighted by Crippen LogP contribution is 2.23. The third-order valence-electron chi connectivity index (χ3n) is 4.82. The van der Waals surface area contributed by atoms with Crippen LogP contribution in [-0.2, 0) is 16.1 Å². The lowest BCUT2D eigenvalue weighted by molar-refractivity contribution is -0.141. The fraction of sp³-hybridized carbons (Fsp3) is 0.812. The van der Waals surface area contributed by atoms with Crippen molar-refractivity contribution in [2.75, 3.05) is 33.3 Å². The molecule has 0 spiro atoms. The van der Waals surface area contributed by atoms with Gasteiger partial charge in [-0.25, -0.2) is 4.39 Å². The number of ether oxygens (including phenoxy) is 1. The minimum Gasteiger partial charge on any atom is -0.465 e. The van der Waals surface area contributed by atoms with Crippen molar-refractivity contribution in [1.29, 1.82) is 0 Å². The zero-order chi connectivity index (χ0) is 17.1. The predicted molar refractivity (Wildman–Crippen MR) is 83.9 cm³/mol. The first kappa shape index (κ1) is 17.3. The average molecular weight is 340 g/mol. The Morgan fingerprint density at radius 1 is 1.46 bits per heavy atom. The number of alkyl halides is 1. The number of esters is 1. The highest BCUT2D eigenvalue weighted by molar-refractivity contribution is 5.74. The molecular weight excluding hydrogens is 315 g/mol. The number of carbonyl (C=O) groups is 1. The zero-order valence-electron chi connectivity index (χ0n) is 14.3. The molecule has 0 N–H and O–H groups in total. The molecule has 3 heterocycles. The molecule has 24 heavy (non-hydrogen) atoms. The second-order valence-electron chi connectivity index (χ2n) is 6.85. The molecule has 7 nitrogen and oxygen atoms in total. The fourth-order valence-corrected chi connectivity index (χ4v) is 3.52. The molecule has 2 aliphatic heterocycles. The summed E-state index contributed by atoms with van der Waals surface area (Å²) < 4.78 is 23.9. The van der Waals surface area contributed by atoms with Gasteiger partial charge in [0.1, 0.15) is 6.17 Å². The van der Waals surface area contributed by atoms with Crippen LogP contribution in [0.1, 0.15) is 31.0 Å². The molecule has 134 valence electrons. The van der Waals surface area contributed by atoms with Gasteiger partial charge in [-0.2, -0.15) is 4.98 Å². The van der Waals surface area contributed by atoms with Crippen molar-refractivity contribution < 1.29 is 18.4 Å². The third-order valence-corrected chi connectivity index (χ3v) is 4.82. The molecule has 0 amide bonds. The normalized spacial score (nSPS) is 28.0. The van der Waals surface area contributed by atoms with E-state index in [1.54, 1.807) is 6.92 Å². The van der Waals surface area contributed by atoms with E-state index in [4.69, 9.17) is 9.26 Å². The minimum atomic E-state index is -0.818. The SMILES string of the molecule is Cc1nc(CN2C[C@@H](F)C[C@H]2CN(C)CCC2CCOC2=O)no1. The summed E-state index contributed by atoms with van der Waals surface area (Å²) in [6, 6.07) is 0.124. The summed E-state index contributed by atoms with van der Waals surface area (Å²) in [6.45, 7) is 4.77. The molecule has 3 atom stereocenters. The second-order valence-corrected chi connectivity index (χ2v) is 6.85. The standard InChI is InChI=1S/C16H25FN4O3/c1-11-18-15(19-24-11)10-21-8-13(17)7-14(21)9-20(2)5-3-12-4-6-23-16(12)22/h12-14H,3-10H2,1-2H3/t12?,13-,14-/m0/s1. The Morgan fingerprint density at radius 3 is 2.96 bits per heavy atom. The summed E-state index contributed by atoms with van der Waals surface area (Å²) in [5, 5.41) is 3.90. The van der Waals surface area contributed by atoms with Crippen molar-refractivity contribution in [2.24, 2.45) is 5.92 Å². The highest BCUT2D eigenvalue weighted by atomic mass is 19.1. The summed E-state index contributed by atoms with van der Waals surface area (Å²) in [5.74, 6) is 1.06. The van der Waals surface area contributed by atoms with Crippen LogP contribution in [0.4, 0.5) is 4.39 Å². The molecule has 8 heteroatoms. The summed E-state index contributed by atoms with van der Waals surface area (Å²) in [6.07, 6.45) is 1.31. The lowest BCUT2D eigenvalue weighted by atomic mass is 10.0. The van der Waals surface area contributed by atoms with E-state index in [1.165, 1.54) is 0 Å². The number of aryl methyl sites for hydroxylation is 1. The largest absolute Gasteiger partial charge is 0.465 e. The van der Waals surface area contributed by atoms with Crippen LogP contribution < -0.4 is 0 Å². The van der Waals surface area contributed by atoms with E-state index in [0.717, 1.165) is 25.9 Å². The van der Waals surface area contributed by atoms with Crippen LogP contribution in [0.25, 0.3) is 0 Å². The number of halogens is 1. The molecular formula is C16H25FN4O3. The monoisotopic (exact) mass is 340 g/mol. The van der Waals surface area contributed by atoms with Crippen molar-refractivity contribution in [2.45, 2.75) is 44.9 Å². The van der Waals surface area contributed by atoms with Gasteiger partial charge in [-0.05, 0) is 32.9 Å². The van der Waals surface area contributed by atoms with E-state index in [9.17, 15) is 9.18 Å². The van der Waals surface area contributed by atoms with Gasteiger partial charge in [0.2, 0.25) is 5.89 Å². The summed E-state index contributed by atoms with van der Waals surface area (Å²) in [5.41, 5.74) is 0. The summed E-state index contributed by atoms with van der Waals surface area (Å²) in [4.78, 5) is 20.0. The van der Waals surface area contributed by atoms with Gasteiger partial charge in [0.25, 0.3) is 0 Å². The topological polar surface area (TPSA) is 71.7 Å². The van der Waals surface area contributed by atoms with Gasteiger partial charge < -0.3 is 14.2 Å². The van der Waals surface area contributed by atoms with Gasteiger partial charge in [0.15, 0.2) is 5.82 Å². The molecule has 3 rings (SSSR count). The summed E-state index contributed by atoms with van der Waals surface area (Å²) in [7, 11) is 2.02. The number of cyclic esters (lactones) is 1. The lowest BCUT2D eigenvalue weighted by Gasteiger charge is -2.27. The molecule has 1 aromatic heterocycles. The number of carbonyl (C=O) groups excluding carboxylic acids is 1. The van der Waals surface area contributed by atoms with Crippen LogP contribution in [0.15, 0.2) is 4.52 Å². The first-order chi connectivity index (χ1) is 11.5. The molecule has 2 saturated heterocycles. The van der Waals surface area contributed by atoms with E-state index in [1.807, 2.05) is 7.05 Å². The molecule has 0 saturated carbocycles. The second kappa shape index (κ2) is 7.57. The molecule has 0 bridgehead atoms. The first-order valence-electron chi connectivity index (χ1n) is 8.53. The number of hydrogen-bond acceptors (Lipinski definition) is 7. The van der Waals surface area contributed by atoms with Gasteiger partial charge >= 0.3 is 5.97 Å². The first-order valence-corrected chi connectivity index (χ1v) is 8.53. The van der Waals surface area contributed by atoms with Gasteiger partial charge in [0, 0.05) is 26.1 Å². The van der Waals surface area contributed by atoms with Crippen LogP contribution in [-0.4, -0.2) is 71.4 Å².